The van der Waals surface area contributed by atoms with Crippen LogP contribution < -0.4 is 10.5 Å². The van der Waals surface area contributed by atoms with Gasteiger partial charge in [-0.3, -0.25) is 0 Å². The highest BCUT2D eigenvalue weighted by Crippen LogP contribution is 2.20. The maximum absolute atomic E-state index is 12.1. The Morgan fingerprint density at radius 3 is 2.68 bits per heavy atom. The fourth-order valence-corrected chi connectivity index (χ4v) is 2.87. The Hall–Kier alpha value is -1.64. The number of hydrogen-bond donors (Lipinski definition) is 3. The number of nitrogens with one attached hydrogen (secondary N) is 1. The number of esters is 1. The van der Waals surface area contributed by atoms with Gasteiger partial charge in [0, 0.05) is 11.7 Å². The van der Waals surface area contributed by atoms with Gasteiger partial charge in [0.05, 0.1) is 24.2 Å². The molecule has 0 spiro atoms. The molecule has 0 bridgehead atoms. The number of anilines is 1. The van der Waals surface area contributed by atoms with E-state index in [0.717, 1.165) is 7.11 Å². The van der Waals surface area contributed by atoms with Crippen molar-refractivity contribution in [3.05, 3.63) is 23.8 Å². The number of rotatable bonds is 5. The van der Waals surface area contributed by atoms with Crippen molar-refractivity contribution in [1.29, 1.82) is 0 Å². The first kappa shape index (κ1) is 15.4. The van der Waals surface area contributed by atoms with Crippen molar-refractivity contribution >= 4 is 21.7 Å². The minimum atomic E-state index is -3.97. The van der Waals surface area contributed by atoms with Gasteiger partial charge in [-0.15, -0.1) is 0 Å². The van der Waals surface area contributed by atoms with E-state index >= 15 is 0 Å². The largest absolute Gasteiger partial charge is 0.465 e. The molecule has 0 fully saturated rings. The summed E-state index contributed by atoms with van der Waals surface area (Å²) in [5.41, 5.74) is 5.62. The second kappa shape index (κ2) is 6.00. The first-order valence-electron chi connectivity index (χ1n) is 5.43. The van der Waals surface area contributed by atoms with Crippen molar-refractivity contribution in [3.8, 4) is 0 Å². The minimum Gasteiger partial charge on any atom is -0.465 e. The predicted octanol–water partition coefficient (Wildman–Crippen LogP) is -0.286. The first-order valence-corrected chi connectivity index (χ1v) is 6.91. The molecule has 4 N–H and O–H groups in total. The second-order valence-corrected chi connectivity index (χ2v) is 5.63. The minimum absolute atomic E-state index is 0.116. The van der Waals surface area contributed by atoms with Gasteiger partial charge < -0.3 is 15.6 Å². The molecule has 0 aliphatic heterocycles. The monoisotopic (exact) mass is 288 g/mol. The van der Waals surface area contributed by atoms with Crippen LogP contribution in [0, 0.1) is 0 Å². The molecule has 1 atom stereocenters. The fraction of sp³-hybridized carbons (Fsp3) is 0.364. The van der Waals surface area contributed by atoms with E-state index in [4.69, 9.17) is 10.8 Å². The number of ether oxygens (including phenoxy) is 1. The number of sulfonamides is 1. The summed E-state index contributed by atoms with van der Waals surface area (Å²) in [5, 5.41) is 8.88. The Balaban J connectivity index is 3.32. The summed E-state index contributed by atoms with van der Waals surface area (Å²) >= 11 is 0. The maximum atomic E-state index is 12.1. The normalized spacial score (nSPS) is 13.0. The standard InChI is InChI=1S/C11H16N2O5S/c1-7(6-14)13-19(16,17)10-5-8(12)3-4-9(10)11(15)18-2/h3-5,7,13-14H,6,12H2,1-2H3. The van der Waals surface area contributed by atoms with Crippen molar-refractivity contribution < 1.29 is 23.1 Å². The molecule has 1 rings (SSSR count). The van der Waals surface area contributed by atoms with Gasteiger partial charge in [-0.2, -0.15) is 0 Å². The molecule has 7 nitrogen and oxygen atoms in total. The van der Waals surface area contributed by atoms with Crippen LogP contribution in [-0.2, 0) is 14.8 Å². The average Bonchev–Trinajstić information content (AvgIpc) is 2.37. The molecular formula is C11H16N2O5S. The lowest BCUT2D eigenvalue weighted by Gasteiger charge is -2.14. The number of hydrogen-bond acceptors (Lipinski definition) is 6. The van der Waals surface area contributed by atoms with Crippen LogP contribution in [0.2, 0.25) is 0 Å². The number of benzene rings is 1. The van der Waals surface area contributed by atoms with Crippen molar-refractivity contribution in [1.82, 2.24) is 4.72 Å². The lowest BCUT2D eigenvalue weighted by atomic mass is 10.2. The van der Waals surface area contributed by atoms with E-state index in [2.05, 4.69) is 9.46 Å². The number of carbonyl (C=O) groups is 1. The van der Waals surface area contributed by atoms with Crippen LogP contribution in [0.1, 0.15) is 17.3 Å². The van der Waals surface area contributed by atoms with Crippen LogP contribution in [0.3, 0.4) is 0 Å². The third-order valence-electron chi connectivity index (χ3n) is 2.33. The molecule has 8 heteroatoms. The Kier molecular flexibility index (Phi) is 4.87. The topological polar surface area (TPSA) is 119 Å². The Morgan fingerprint density at radius 1 is 1.53 bits per heavy atom. The van der Waals surface area contributed by atoms with Crippen LogP contribution in [-0.4, -0.2) is 39.3 Å². The van der Waals surface area contributed by atoms with E-state index in [1.807, 2.05) is 0 Å². The van der Waals surface area contributed by atoms with Gasteiger partial charge in [-0.25, -0.2) is 17.9 Å². The molecule has 0 radical (unpaired) electrons. The molecule has 0 saturated carbocycles. The molecule has 0 aromatic heterocycles. The SMILES string of the molecule is COC(=O)c1ccc(N)cc1S(=O)(=O)NC(C)CO. The molecule has 1 unspecified atom stereocenters. The molecule has 1 aromatic rings. The zero-order valence-electron chi connectivity index (χ0n) is 10.6. The fourth-order valence-electron chi connectivity index (χ4n) is 1.41. The predicted molar refractivity (Wildman–Crippen MR) is 69.1 cm³/mol. The van der Waals surface area contributed by atoms with Gasteiger partial charge in [0.15, 0.2) is 0 Å². The van der Waals surface area contributed by atoms with Crippen LogP contribution in [0.15, 0.2) is 23.1 Å². The summed E-state index contributed by atoms with van der Waals surface area (Å²) in [4.78, 5) is 11.3. The maximum Gasteiger partial charge on any atom is 0.339 e. The summed E-state index contributed by atoms with van der Waals surface area (Å²) in [6.45, 7) is 1.12. The zero-order valence-corrected chi connectivity index (χ0v) is 11.4. The third-order valence-corrected chi connectivity index (χ3v) is 3.96. The Labute approximate surface area is 111 Å². The van der Waals surface area contributed by atoms with Gasteiger partial charge >= 0.3 is 5.97 Å². The van der Waals surface area contributed by atoms with E-state index in [9.17, 15) is 13.2 Å². The first-order chi connectivity index (χ1) is 8.81. The van der Waals surface area contributed by atoms with Gasteiger partial charge in [-0.1, -0.05) is 0 Å². The molecule has 106 valence electrons. The molecule has 0 saturated heterocycles. The molecule has 0 aliphatic carbocycles. The number of carbonyl (C=O) groups excluding carboxylic acids is 1. The van der Waals surface area contributed by atoms with E-state index < -0.39 is 22.0 Å². The number of methoxy groups -OCH3 is 1. The third kappa shape index (κ3) is 3.66. The lowest BCUT2D eigenvalue weighted by Crippen LogP contribution is -2.35. The molecular weight excluding hydrogens is 272 g/mol. The van der Waals surface area contributed by atoms with Crippen molar-refractivity contribution in [2.24, 2.45) is 0 Å². The molecule has 1 aromatic carbocycles. The van der Waals surface area contributed by atoms with Crippen LogP contribution in [0.5, 0.6) is 0 Å². The highest BCUT2D eigenvalue weighted by molar-refractivity contribution is 7.89. The molecule has 0 aliphatic rings. The smallest absolute Gasteiger partial charge is 0.339 e. The summed E-state index contributed by atoms with van der Waals surface area (Å²) in [6, 6.07) is 3.16. The summed E-state index contributed by atoms with van der Waals surface area (Å²) < 4.78 is 31.0. The number of nitrogens with two attached hydrogens (primary N) is 1. The highest BCUT2D eigenvalue weighted by Gasteiger charge is 2.24. The Morgan fingerprint density at radius 2 is 2.16 bits per heavy atom. The van der Waals surface area contributed by atoms with E-state index in [1.165, 1.54) is 25.1 Å². The summed E-state index contributed by atoms with van der Waals surface area (Å²) in [5.74, 6) is -0.781. The zero-order chi connectivity index (χ0) is 14.6. The van der Waals surface area contributed by atoms with Crippen molar-refractivity contribution in [2.75, 3.05) is 19.5 Å². The van der Waals surface area contributed by atoms with Crippen LogP contribution >= 0.6 is 0 Å². The van der Waals surface area contributed by atoms with Crippen molar-refractivity contribution in [3.63, 3.8) is 0 Å². The summed E-state index contributed by atoms with van der Waals surface area (Å²) in [6.07, 6.45) is 0. The summed E-state index contributed by atoms with van der Waals surface area (Å²) in [7, 11) is -2.82. The van der Waals surface area contributed by atoms with Crippen LogP contribution in [0.25, 0.3) is 0 Å². The van der Waals surface area contributed by atoms with Gasteiger partial charge in [0.2, 0.25) is 10.0 Å². The lowest BCUT2D eigenvalue weighted by molar-refractivity contribution is 0.0596. The second-order valence-electron chi connectivity index (χ2n) is 3.95. The Bertz CT molecular complexity index is 570. The molecule has 0 heterocycles. The average molecular weight is 288 g/mol. The van der Waals surface area contributed by atoms with Crippen LogP contribution in [0.4, 0.5) is 5.69 Å². The number of aliphatic hydroxyl groups excluding tert-OH is 1. The number of nitrogen functional groups attached to an aromatic ring is 1. The van der Waals surface area contributed by atoms with Gasteiger partial charge in [0.1, 0.15) is 0 Å². The highest BCUT2D eigenvalue weighted by atomic mass is 32.2. The van der Waals surface area contributed by atoms with E-state index in [1.54, 1.807) is 0 Å². The van der Waals surface area contributed by atoms with Gasteiger partial charge in [-0.05, 0) is 25.1 Å². The van der Waals surface area contributed by atoms with E-state index in [0.29, 0.717) is 0 Å². The molecule has 0 amide bonds. The quantitative estimate of drug-likeness (QED) is 0.506. The van der Waals surface area contributed by atoms with E-state index in [-0.39, 0.29) is 22.8 Å². The van der Waals surface area contributed by atoms with Crippen molar-refractivity contribution in [2.45, 2.75) is 17.9 Å². The molecule has 19 heavy (non-hydrogen) atoms. The van der Waals surface area contributed by atoms with Gasteiger partial charge in [0.25, 0.3) is 0 Å². The number of aliphatic hydroxyl groups is 1.